The number of oxime groups is 1. The van der Waals surface area contributed by atoms with Crippen LogP contribution in [0.4, 0.5) is 0 Å². The van der Waals surface area contributed by atoms with Crippen LogP contribution >= 0.6 is 0 Å². The van der Waals surface area contributed by atoms with Crippen molar-refractivity contribution in [1.29, 1.82) is 0 Å². The van der Waals surface area contributed by atoms with Gasteiger partial charge in [0.1, 0.15) is 5.84 Å². The first kappa shape index (κ1) is 11.2. The summed E-state index contributed by atoms with van der Waals surface area (Å²) in [6, 6.07) is 0. The highest BCUT2D eigenvalue weighted by Crippen LogP contribution is 1.96. The number of hydrogen-bond donors (Lipinski definition) is 2. The number of amidine groups is 1. The van der Waals surface area contributed by atoms with Crippen LogP contribution in [0.1, 0.15) is 32.6 Å². The molecule has 0 aliphatic heterocycles. The molecule has 0 aromatic rings. The third-order valence-corrected chi connectivity index (χ3v) is 1.45. The van der Waals surface area contributed by atoms with Crippen molar-refractivity contribution in [3.05, 3.63) is 0 Å². The molecule has 0 rings (SSSR count). The predicted octanol–water partition coefficient (Wildman–Crippen LogP) is 1.33. The Morgan fingerprint density at radius 3 is 2.75 bits per heavy atom. The largest absolute Gasteiger partial charge is 0.409 e. The van der Waals surface area contributed by atoms with Crippen LogP contribution in [-0.2, 0) is 4.74 Å². The minimum atomic E-state index is 0.297. The summed E-state index contributed by atoms with van der Waals surface area (Å²) >= 11 is 0. The van der Waals surface area contributed by atoms with E-state index in [1.165, 1.54) is 0 Å². The van der Waals surface area contributed by atoms with Gasteiger partial charge in [-0.25, -0.2) is 0 Å². The second-order valence-electron chi connectivity index (χ2n) is 2.66. The van der Waals surface area contributed by atoms with E-state index in [9.17, 15) is 0 Å². The van der Waals surface area contributed by atoms with E-state index in [0.29, 0.717) is 12.3 Å². The Morgan fingerprint density at radius 2 is 2.17 bits per heavy atom. The lowest BCUT2D eigenvalue weighted by atomic mass is 10.2. The molecule has 0 saturated heterocycles. The molecule has 0 fully saturated rings. The van der Waals surface area contributed by atoms with Gasteiger partial charge in [0, 0.05) is 19.6 Å². The number of rotatable bonds is 7. The molecule has 0 unspecified atom stereocenters. The number of nitrogens with zero attached hydrogens (tertiary/aromatic N) is 1. The molecule has 0 aromatic heterocycles. The second kappa shape index (κ2) is 8.33. The standard InChI is InChI=1S/C8H18N2O2/c1-2-6-12-7-4-3-5-8(9)10-11/h11H,2-7H2,1H3,(H2,9,10). The molecular formula is C8H18N2O2. The molecule has 0 heterocycles. The van der Waals surface area contributed by atoms with Gasteiger partial charge in [-0.2, -0.15) is 0 Å². The SMILES string of the molecule is CCCOCCCC/C(N)=N/O. The van der Waals surface area contributed by atoms with E-state index in [-0.39, 0.29) is 0 Å². The Balaban J connectivity index is 3.00. The molecule has 4 heteroatoms. The zero-order valence-corrected chi connectivity index (χ0v) is 7.62. The average molecular weight is 174 g/mol. The van der Waals surface area contributed by atoms with E-state index in [1.54, 1.807) is 0 Å². The fourth-order valence-corrected chi connectivity index (χ4v) is 0.807. The number of ether oxygens (including phenoxy) is 1. The molecule has 0 saturated carbocycles. The zero-order chi connectivity index (χ0) is 9.23. The maximum Gasteiger partial charge on any atom is 0.139 e. The van der Waals surface area contributed by atoms with Crippen molar-refractivity contribution in [1.82, 2.24) is 0 Å². The van der Waals surface area contributed by atoms with E-state index < -0.39 is 0 Å². The van der Waals surface area contributed by atoms with Crippen LogP contribution in [0.5, 0.6) is 0 Å². The Labute approximate surface area is 73.4 Å². The Kier molecular flexibility index (Phi) is 7.79. The average Bonchev–Trinajstić information content (AvgIpc) is 2.10. The third-order valence-electron chi connectivity index (χ3n) is 1.45. The van der Waals surface area contributed by atoms with Gasteiger partial charge in [0.15, 0.2) is 0 Å². The molecule has 0 aromatic carbocycles. The normalized spacial score (nSPS) is 11.9. The van der Waals surface area contributed by atoms with E-state index >= 15 is 0 Å². The first-order chi connectivity index (χ1) is 5.81. The predicted molar refractivity (Wildman–Crippen MR) is 48.4 cm³/mol. The summed E-state index contributed by atoms with van der Waals surface area (Å²) in [6.45, 7) is 3.67. The van der Waals surface area contributed by atoms with Gasteiger partial charge in [-0.15, -0.1) is 0 Å². The van der Waals surface area contributed by atoms with Gasteiger partial charge in [0.2, 0.25) is 0 Å². The van der Waals surface area contributed by atoms with Crippen LogP contribution in [0.15, 0.2) is 5.16 Å². The number of unbranched alkanes of at least 4 members (excludes halogenated alkanes) is 1. The lowest BCUT2D eigenvalue weighted by Gasteiger charge is -2.01. The van der Waals surface area contributed by atoms with Gasteiger partial charge in [-0.05, 0) is 19.3 Å². The molecule has 3 N–H and O–H groups in total. The van der Waals surface area contributed by atoms with Crippen molar-refractivity contribution in [2.45, 2.75) is 32.6 Å². The summed E-state index contributed by atoms with van der Waals surface area (Å²) < 4.78 is 5.26. The molecule has 0 bridgehead atoms. The second-order valence-corrected chi connectivity index (χ2v) is 2.66. The molecule has 0 amide bonds. The molecule has 0 spiro atoms. The van der Waals surface area contributed by atoms with Crippen LogP contribution < -0.4 is 5.73 Å². The van der Waals surface area contributed by atoms with Gasteiger partial charge in [-0.3, -0.25) is 0 Å². The smallest absolute Gasteiger partial charge is 0.139 e. The first-order valence-electron chi connectivity index (χ1n) is 4.35. The molecule has 0 radical (unpaired) electrons. The molecule has 0 aliphatic rings. The topological polar surface area (TPSA) is 67.8 Å². The summed E-state index contributed by atoms with van der Waals surface area (Å²) in [4.78, 5) is 0. The van der Waals surface area contributed by atoms with Crippen molar-refractivity contribution in [2.75, 3.05) is 13.2 Å². The summed E-state index contributed by atoms with van der Waals surface area (Å²) in [7, 11) is 0. The first-order valence-corrected chi connectivity index (χ1v) is 4.35. The summed E-state index contributed by atoms with van der Waals surface area (Å²) in [5, 5.41) is 11.1. The monoisotopic (exact) mass is 174 g/mol. The molecule has 0 aliphatic carbocycles. The highest BCUT2D eigenvalue weighted by molar-refractivity contribution is 5.79. The number of nitrogens with two attached hydrogens (primary N) is 1. The van der Waals surface area contributed by atoms with Crippen LogP contribution in [0, 0.1) is 0 Å². The number of hydrogen-bond acceptors (Lipinski definition) is 3. The Morgan fingerprint density at radius 1 is 1.42 bits per heavy atom. The van der Waals surface area contributed by atoms with Gasteiger partial charge < -0.3 is 15.7 Å². The minimum Gasteiger partial charge on any atom is -0.409 e. The Bertz CT molecular complexity index is 126. The van der Waals surface area contributed by atoms with E-state index in [4.69, 9.17) is 15.7 Å². The molecule has 72 valence electrons. The molecular weight excluding hydrogens is 156 g/mol. The lowest BCUT2D eigenvalue weighted by Crippen LogP contribution is -2.11. The van der Waals surface area contributed by atoms with E-state index in [0.717, 1.165) is 32.5 Å². The van der Waals surface area contributed by atoms with Gasteiger partial charge in [0.05, 0.1) is 0 Å². The van der Waals surface area contributed by atoms with Crippen LogP contribution in [0.25, 0.3) is 0 Å². The highest BCUT2D eigenvalue weighted by Gasteiger charge is 1.93. The molecule has 0 atom stereocenters. The highest BCUT2D eigenvalue weighted by atomic mass is 16.5. The minimum absolute atomic E-state index is 0.297. The summed E-state index contributed by atoms with van der Waals surface area (Å²) in [6.07, 6.45) is 3.59. The quantitative estimate of drug-likeness (QED) is 0.201. The van der Waals surface area contributed by atoms with Crippen molar-refractivity contribution in [3.63, 3.8) is 0 Å². The maximum atomic E-state index is 8.21. The van der Waals surface area contributed by atoms with Crippen molar-refractivity contribution < 1.29 is 9.94 Å². The van der Waals surface area contributed by atoms with Crippen molar-refractivity contribution in [3.8, 4) is 0 Å². The van der Waals surface area contributed by atoms with Crippen LogP contribution in [0.2, 0.25) is 0 Å². The zero-order valence-electron chi connectivity index (χ0n) is 7.62. The van der Waals surface area contributed by atoms with Crippen molar-refractivity contribution >= 4 is 5.84 Å². The fourth-order valence-electron chi connectivity index (χ4n) is 0.807. The van der Waals surface area contributed by atoms with Gasteiger partial charge in [-0.1, -0.05) is 12.1 Å². The van der Waals surface area contributed by atoms with E-state index in [2.05, 4.69) is 12.1 Å². The third kappa shape index (κ3) is 7.34. The summed E-state index contributed by atoms with van der Waals surface area (Å²) in [5.41, 5.74) is 5.27. The lowest BCUT2D eigenvalue weighted by molar-refractivity contribution is 0.131. The van der Waals surface area contributed by atoms with Crippen LogP contribution in [-0.4, -0.2) is 24.3 Å². The molecule has 12 heavy (non-hydrogen) atoms. The fraction of sp³-hybridized carbons (Fsp3) is 0.875. The molecule has 4 nitrogen and oxygen atoms in total. The van der Waals surface area contributed by atoms with E-state index in [1.807, 2.05) is 0 Å². The van der Waals surface area contributed by atoms with Crippen LogP contribution in [0.3, 0.4) is 0 Å². The van der Waals surface area contributed by atoms with Gasteiger partial charge in [0.25, 0.3) is 0 Å². The van der Waals surface area contributed by atoms with Crippen molar-refractivity contribution in [2.24, 2.45) is 10.9 Å². The Hall–Kier alpha value is -0.770. The maximum absolute atomic E-state index is 8.21. The summed E-state index contributed by atoms with van der Waals surface area (Å²) in [5.74, 6) is 0.297. The van der Waals surface area contributed by atoms with Gasteiger partial charge >= 0.3 is 0 Å².